The molecule has 142 valence electrons. The second-order valence-electron chi connectivity index (χ2n) is 3.85. The summed E-state index contributed by atoms with van der Waals surface area (Å²) in [5, 5.41) is 0. The first-order chi connectivity index (χ1) is 10.4. The van der Waals surface area contributed by atoms with Crippen LogP contribution in [0.2, 0.25) is 0 Å². The Hall–Kier alpha value is -1.55. The van der Waals surface area contributed by atoms with Gasteiger partial charge in [-0.05, 0) is 0 Å². The number of hydrogen-bond acceptors (Lipinski definition) is 4. The Labute approximate surface area is 127 Å². The van der Waals surface area contributed by atoms with Gasteiger partial charge in [-0.1, -0.05) is 0 Å². The molecule has 1 atom stereocenters. The summed E-state index contributed by atoms with van der Waals surface area (Å²) in [5.74, 6) is 0. The van der Waals surface area contributed by atoms with Crippen molar-refractivity contribution in [1.82, 2.24) is 4.57 Å². The highest BCUT2D eigenvalue weighted by atomic mass is 32.2. The van der Waals surface area contributed by atoms with E-state index < -0.39 is 34.4 Å². The van der Waals surface area contributed by atoms with Gasteiger partial charge < -0.3 is 4.55 Å². The first kappa shape index (κ1) is 22.4. The number of imidazole rings is 1. The van der Waals surface area contributed by atoms with Crippen LogP contribution < -0.4 is 4.57 Å². The van der Waals surface area contributed by atoms with Gasteiger partial charge in [0.1, 0.15) is 12.4 Å². The maximum atomic E-state index is 13.0. The SMILES string of the molecule is C[n+]1ccn(C(F)(F)C(F)OC(F)(F)F)c1.O=S(=O)([O-])C(F)(F)F. The van der Waals surface area contributed by atoms with E-state index >= 15 is 0 Å². The number of rotatable bonds is 3. The minimum absolute atomic E-state index is 0.0105. The van der Waals surface area contributed by atoms with Crippen LogP contribution >= 0.6 is 0 Å². The Morgan fingerprint density at radius 1 is 1.12 bits per heavy atom. The predicted octanol–water partition coefficient (Wildman–Crippen LogP) is 1.75. The van der Waals surface area contributed by atoms with Crippen molar-refractivity contribution in [1.29, 1.82) is 0 Å². The summed E-state index contributed by atoms with van der Waals surface area (Å²) in [6, 6.07) is -4.43. The summed E-state index contributed by atoms with van der Waals surface area (Å²) in [6.45, 7) is 0. The molecule has 0 fully saturated rings. The van der Waals surface area contributed by atoms with Crippen LogP contribution in [0.3, 0.4) is 0 Å². The minimum Gasteiger partial charge on any atom is -0.741 e. The largest absolute Gasteiger partial charge is 0.741 e. The number of alkyl halides is 9. The Balaban J connectivity index is 0.000000561. The lowest BCUT2D eigenvalue weighted by atomic mass is 10.5. The van der Waals surface area contributed by atoms with E-state index in [0.29, 0.717) is 0 Å². The molecule has 1 unspecified atom stereocenters. The van der Waals surface area contributed by atoms with Gasteiger partial charge in [0.05, 0.1) is 7.05 Å². The lowest BCUT2D eigenvalue weighted by molar-refractivity contribution is -0.671. The van der Waals surface area contributed by atoms with Crippen LogP contribution in [0.25, 0.3) is 0 Å². The van der Waals surface area contributed by atoms with E-state index in [4.69, 9.17) is 13.0 Å². The fourth-order valence-electron chi connectivity index (χ4n) is 0.932. The molecule has 1 heterocycles. The molecule has 1 rings (SSSR count). The Kier molecular flexibility index (Phi) is 6.68. The zero-order chi connectivity index (χ0) is 19.6. The first-order valence-electron chi connectivity index (χ1n) is 5.20. The van der Waals surface area contributed by atoms with Crippen LogP contribution in [0.1, 0.15) is 0 Å². The number of halogens is 9. The number of hydrogen-bond donors (Lipinski definition) is 0. The van der Waals surface area contributed by atoms with E-state index in [1.807, 2.05) is 0 Å². The van der Waals surface area contributed by atoms with E-state index in [1.165, 1.54) is 7.05 Å². The Bertz CT molecular complexity index is 637. The highest BCUT2D eigenvalue weighted by Crippen LogP contribution is 2.32. The molecule has 0 amide bonds. The van der Waals surface area contributed by atoms with Gasteiger partial charge in [-0.3, -0.25) is 0 Å². The highest BCUT2D eigenvalue weighted by Gasteiger charge is 2.53. The standard InChI is InChI=1S/C7H7F6N2O.CHF3O3S/c1-14-2-3-15(4-14)6(9,10)5(8)16-7(11,12)13;2-1(3,4)8(5,6)7/h2-5H,1H3;(H,5,6,7)/q+1;/p-1. The molecule has 0 spiro atoms. The molecule has 0 saturated carbocycles. The van der Waals surface area contributed by atoms with Gasteiger partial charge in [0.25, 0.3) is 0 Å². The van der Waals surface area contributed by atoms with Crippen LogP contribution in [0.4, 0.5) is 39.5 Å². The zero-order valence-corrected chi connectivity index (χ0v) is 12.0. The first-order valence-corrected chi connectivity index (χ1v) is 6.61. The molecule has 24 heavy (non-hydrogen) atoms. The van der Waals surface area contributed by atoms with Crippen molar-refractivity contribution < 1.29 is 61.8 Å². The third-order valence-corrected chi connectivity index (χ3v) is 2.47. The fourth-order valence-corrected chi connectivity index (χ4v) is 0.932. The summed E-state index contributed by atoms with van der Waals surface area (Å²) >= 11 is 0. The summed E-state index contributed by atoms with van der Waals surface area (Å²) in [5.41, 5.74) is -5.65. The topological polar surface area (TPSA) is 75.2 Å². The maximum absolute atomic E-state index is 13.0. The molecule has 1 aromatic heterocycles. The van der Waals surface area contributed by atoms with Gasteiger partial charge in [-0.25, -0.2) is 22.1 Å². The van der Waals surface area contributed by atoms with Crippen LogP contribution in [-0.2, 0) is 27.9 Å². The monoisotopic (exact) mass is 398 g/mol. The third-order valence-electron chi connectivity index (χ3n) is 1.91. The second-order valence-corrected chi connectivity index (χ2v) is 5.22. The van der Waals surface area contributed by atoms with Gasteiger partial charge in [-0.15, -0.1) is 13.2 Å². The fraction of sp³-hybridized carbons (Fsp3) is 0.625. The molecule has 0 aromatic carbocycles. The Morgan fingerprint density at radius 3 is 1.79 bits per heavy atom. The average Bonchev–Trinajstić information content (AvgIpc) is 2.72. The molecule has 0 bridgehead atoms. The third kappa shape index (κ3) is 6.91. The summed E-state index contributed by atoms with van der Waals surface area (Å²) in [6.07, 6.45) is -6.69. The number of ether oxygens (including phenoxy) is 1. The van der Waals surface area contributed by atoms with Crippen molar-refractivity contribution in [3.63, 3.8) is 0 Å². The molecule has 0 aliphatic heterocycles. The van der Waals surface area contributed by atoms with E-state index in [2.05, 4.69) is 4.74 Å². The van der Waals surface area contributed by atoms with Crippen molar-refractivity contribution >= 4 is 10.1 Å². The van der Waals surface area contributed by atoms with E-state index in [-0.39, 0.29) is 4.57 Å². The molecule has 0 N–H and O–H groups in total. The number of aryl methyl sites for hydroxylation is 1. The number of nitrogens with zero attached hydrogens (tertiary/aromatic N) is 2. The second kappa shape index (κ2) is 7.14. The predicted molar refractivity (Wildman–Crippen MR) is 53.6 cm³/mol. The zero-order valence-electron chi connectivity index (χ0n) is 11.1. The quantitative estimate of drug-likeness (QED) is 0.337. The Morgan fingerprint density at radius 2 is 1.54 bits per heavy atom. The molecule has 1 aromatic rings. The van der Waals surface area contributed by atoms with E-state index in [1.54, 1.807) is 0 Å². The molecule has 6 nitrogen and oxygen atoms in total. The summed E-state index contributed by atoms with van der Waals surface area (Å²) in [4.78, 5) is 0. The summed E-state index contributed by atoms with van der Waals surface area (Å²) in [7, 11) is -4.74. The van der Waals surface area contributed by atoms with Crippen molar-refractivity contribution in [3.8, 4) is 0 Å². The molecule has 16 heteroatoms. The van der Waals surface area contributed by atoms with Crippen molar-refractivity contribution in [2.24, 2.45) is 7.05 Å². The normalized spacial score (nSPS) is 14.8. The smallest absolute Gasteiger partial charge is 0.525 e. The van der Waals surface area contributed by atoms with Gasteiger partial charge >= 0.3 is 24.3 Å². The van der Waals surface area contributed by atoms with Gasteiger partial charge in [0.15, 0.2) is 10.1 Å². The van der Waals surface area contributed by atoms with Crippen molar-refractivity contribution in [3.05, 3.63) is 18.7 Å². The van der Waals surface area contributed by atoms with Crippen LogP contribution in [0, 0.1) is 0 Å². The van der Waals surface area contributed by atoms with Crippen molar-refractivity contribution in [2.75, 3.05) is 0 Å². The van der Waals surface area contributed by atoms with E-state index in [9.17, 15) is 39.5 Å². The lowest BCUT2D eigenvalue weighted by Gasteiger charge is -2.18. The lowest BCUT2D eigenvalue weighted by Crippen LogP contribution is -2.39. The molecule has 0 radical (unpaired) electrons. The van der Waals surface area contributed by atoms with Crippen molar-refractivity contribution in [2.45, 2.75) is 24.3 Å². The minimum atomic E-state index is -6.09. The molecule has 0 saturated heterocycles. The van der Waals surface area contributed by atoms with Crippen LogP contribution in [0.15, 0.2) is 18.7 Å². The average molecular weight is 398 g/mol. The van der Waals surface area contributed by atoms with Gasteiger partial charge in [0, 0.05) is 0 Å². The highest BCUT2D eigenvalue weighted by molar-refractivity contribution is 7.86. The molecular formula is C8H7F9N2O4S. The molecular weight excluding hydrogens is 391 g/mol. The molecule has 0 aliphatic rings. The van der Waals surface area contributed by atoms with Crippen LogP contribution in [0.5, 0.6) is 0 Å². The van der Waals surface area contributed by atoms with Gasteiger partial charge in [-0.2, -0.15) is 26.5 Å². The summed E-state index contributed by atoms with van der Waals surface area (Å²) < 4.78 is 136. The van der Waals surface area contributed by atoms with E-state index in [0.717, 1.165) is 23.3 Å². The number of aromatic nitrogens is 2. The van der Waals surface area contributed by atoms with Gasteiger partial charge in [0.2, 0.25) is 6.33 Å². The maximum Gasteiger partial charge on any atom is 0.525 e. The molecule has 0 aliphatic carbocycles. The van der Waals surface area contributed by atoms with Crippen LogP contribution in [-0.4, -0.2) is 35.8 Å².